The molecule has 96 valence electrons. The van der Waals surface area contributed by atoms with Crippen LogP contribution in [0.15, 0.2) is 10.8 Å². The van der Waals surface area contributed by atoms with Crippen LogP contribution in [-0.2, 0) is 11.3 Å². The first-order chi connectivity index (χ1) is 8.56. The molecule has 8 heteroatoms. The lowest BCUT2D eigenvalue weighted by Crippen LogP contribution is -2.20. The van der Waals surface area contributed by atoms with E-state index in [9.17, 15) is 4.79 Å². The molecular formula is C10H12N4O2S2. The van der Waals surface area contributed by atoms with Gasteiger partial charge < -0.3 is 16.2 Å². The Hall–Kier alpha value is -1.51. The number of nitrogens with zero attached hydrogens (tertiary/aromatic N) is 2. The van der Waals surface area contributed by atoms with Gasteiger partial charge in [-0.3, -0.25) is 4.79 Å². The van der Waals surface area contributed by atoms with Crippen LogP contribution in [0.5, 0.6) is 0 Å². The Morgan fingerprint density at radius 2 is 2.28 bits per heavy atom. The van der Waals surface area contributed by atoms with Gasteiger partial charge in [0.1, 0.15) is 6.04 Å². The fourth-order valence-corrected chi connectivity index (χ4v) is 2.65. The van der Waals surface area contributed by atoms with Crippen molar-refractivity contribution >= 4 is 33.8 Å². The summed E-state index contributed by atoms with van der Waals surface area (Å²) in [6.45, 7) is 2.52. The van der Waals surface area contributed by atoms with Crippen molar-refractivity contribution in [3.05, 3.63) is 27.2 Å². The molecule has 0 spiro atoms. The van der Waals surface area contributed by atoms with Gasteiger partial charge >= 0.3 is 5.97 Å². The van der Waals surface area contributed by atoms with Crippen molar-refractivity contribution in [2.24, 2.45) is 5.73 Å². The Bertz CT molecular complexity index is 552. The zero-order valence-corrected chi connectivity index (χ0v) is 11.2. The smallest absolute Gasteiger partial charge is 0.326 e. The molecule has 4 N–H and O–H groups in total. The molecule has 1 atom stereocenters. The molecular weight excluding hydrogens is 272 g/mol. The lowest BCUT2D eigenvalue weighted by atomic mass is 10.2. The van der Waals surface area contributed by atoms with Gasteiger partial charge in [0.2, 0.25) is 0 Å². The summed E-state index contributed by atoms with van der Waals surface area (Å²) in [5.74, 6) is -1.08. The average Bonchev–Trinajstić information content (AvgIpc) is 2.94. The van der Waals surface area contributed by atoms with Gasteiger partial charge in [0, 0.05) is 10.8 Å². The van der Waals surface area contributed by atoms with Gasteiger partial charge in [0.15, 0.2) is 5.13 Å². The van der Waals surface area contributed by atoms with Gasteiger partial charge in [0.05, 0.1) is 22.9 Å². The first kappa shape index (κ1) is 12.9. The molecule has 0 bridgehead atoms. The summed E-state index contributed by atoms with van der Waals surface area (Å²) in [5.41, 5.74) is 6.77. The van der Waals surface area contributed by atoms with E-state index >= 15 is 0 Å². The molecule has 0 saturated carbocycles. The van der Waals surface area contributed by atoms with Crippen molar-refractivity contribution in [1.29, 1.82) is 0 Å². The first-order valence-corrected chi connectivity index (χ1v) is 6.91. The standard InChI is InChI=1S/C10H12N4O2S2/c1-5-13-6(3-17-5)2-12-10-14-7(4-18-10)8(11)9(15)16/h3-4,8H,2,11H2,1H3,(H,12,14)(H,15,16). The van der Waals surface area contributed by atoms with E-state index in [1.165, 1.54) is 11.3 Å². The van der Waals surface area contributed by atoms with Crippen molar-refractivity contribution in [3.63, 3.8) is 0 Å². The Labute approximate surface area is 112 Å². The number of nitrogens with two attached hydrogens (primary N) is 1. The highest BCUT2D eigenvalue weighted by molar-refractivity contribution is 7.13. The monoisotopic (exact) mass is 284 g/mol. The molecule has 0 radical (unpaired) electrons. The van der Waals surface area contributed by atoms with Gasteiger partial charge in [0.25, 0.3) is 0 Å². The summed E-state index contributed by atoms with van der Waals surface area (Å²) in [7, 11) is 0. The van der Waals surface area contributed by atoms with E-state index < -0.39 is 12.0 Å². The number of hydrogen-bond donors (Lipinski definition) is 3. The number of anilines is 1. The third kappa shape index (κ3) is 3.03. The second-order valence-electron chi connectivity index (χ2n) is 3.60. The second kappa shape index (κ2) is 5.42. The largest absolute Gasteiger partial charge is 0.480 e. The maximum Gasteiger partial charge on any atom is 0.326 e. The third-order valence-corrected chi connectivity index (χ3v) is 3.83. The molecule has 0 aliphatic rings. The Morgan fingerprint density at radius 3 is 2.89 bits per heavy atom. The quantitative estimate of drug-likeness (QED) is 0.771. The first-order valence-electron chi connectivity index (χ1n) is 5.15. The van der Waals surface area contributed by atoms with Crippen molar-refractivity contribution < 1.29 is 9.90 Å². The Balaban J connectivity index is 1.96. The minimum Gasteiger partial charge on any atom is -0.480 e. The van der Waals surface area contributed by atoms with Crippen LogP contribution in [0, 0.1) is 6.92 Å². The zero-order valence-electron chi connectivity index (χ0n) is 9.58. The van der Waals surface area contributed by atoms with Gasteiger partial charge in [-0.25, -0.2) is 9.97 Å². The minimum absolute atomic E-state index is 0.365. The van der Waals surface area contributed by atoms with E-state index in [1.807, 2.05) is 12.3 Å². The predicted molar refractivity (Wildman–Crippen MR) is 70.9 cm³/mol. The molecule has 0 saturated heterocycles. The Morgan fingerprint density at radius 1 is 1.50 bits per heavy atom. The SMILES string of the molecule is Cc1nc(CNc2nc(C(N)C(=O)O)cs2)cs1. The summed E-state index contributed by atoms with van der Waals surface area (Å²) >= 11 is 2.92. The van der Waals surface area contributed by atoms with E-state index in [-0.39, 0.29) is 0 Å². The van der Waals surface area contributed by atoms with Crippen molar-refractivity contribution in [3.8, 4) is 0 Å². The summed E-state index contributed by atoms with van der Waals surface area (Å²) in [6.07, 6.45) is 0. The highest BCUT2D eigenvalue weighted by Crippen LogP contribution is 2.20. The number of rotatable bonds is 5. The number of carboxylic acids is 1. The third-order valence-electron chi connectivity index (χ3n) is 2.19. The van der Waals surface area contributed by atoms with Crippen LogP contribution in [0.25, 0.3) is 0 Å². The molecule has 2 aromatic rings. The summed E-state index contributed by atoms with van der Waals surface area (Å²) in [4.78, 5) is 19.1. The molecule has 2 rings (SSSR count). The average molecular weight is 284 g/mol. The van der Waals surface area contributed by atoms with E-state index in [0.717, 1.165) is 10.7 Å². The van der Waals surface area contributed by atoms with Crippen LogP contribution >= 0.6 is 22.7 Å². The normalized spacial score (nSPS) is 12.3. The lowest BCUT2D eigenvalue weighted by molar-refractivity contribution is -0.138. The van der Waals surface area contributed by atoms with Crippen LogP contribution in [0.3, 0.4) is 0 Å². The number of carboxylic acid groups (broad SMARTS) is 1. The lowest BCUT2D eigenvalue weighted by Gasteiger charge is -2.01. The van der Waals surface area contributed by atoms with E-state index in [0.29, 0.717) is 17.4 Å². The zero-order chi connectivity index (χ0) is 13.1. The maximum atomic E-state index is 10.7. The molecule has 0 fully saturated rings. The van der Waals surface area contributed by atoms with Crippen LogP contribution in [-0.4, -0.2) is 21.0 Å². The van der Waals surface area contributed by atoms with E-state index in [1.54, 1.807) is 16.7 Å². The molecule has 0 aliphatic heterocycles. The summed E-state index contributed by atoms with van der Waals surface area (Å²) in [5, 5.41) is 17.1. The topological polar surface area (TPSA) is 101 Å². The molecule has 0 aliphatic carbocycles. The number of thiazole rings is 2. The fourth-order valence-electron chi connectivity index (χ4n) is 1.29. The highest BCUT2D eigenvalue weighted by atomic mass is 32.1. The van der Waals surface area contributed by atoms with Gasteiger partial charge in [-0.15, -0.1) is 22.7 Å². The fraction of sp³-hybridized carbons (Fsp3) is 0.300. The number of hydrogen-bond acceptors (Lipinski definition) is 7. The maximum absolute atomic E-state index is 10.7. The molecule has 0 amide bonds. The molecule has 0 aromatic carbocycles. The number of aryl methyl sites for hydroxylation is 1. The molecule has 2 heterocycles. The van der Waals surface area contributed by atoms with E-state index in [2.05, 4.69) is 15.3 Å². The minimum atomic E-state index is -1.08. The van der Waals surface area contributed by atoms with Crippen molar-refractivity contribution in [2.75, 3.05) is 5.32 Å². The predicted octanol–water partition coefficient (Wildman–Crippen LogP) is 1.60. The van der Waals surface area contributed by atoms with Crippen LogP contribution in [0.4, 0.5) is 5.13 Å². The molecule has 2 aromatic heterocycles. The number of aliphatic carboxylic acids is 1. The van der Waals surface area contributed by atoms with Gasteiger partial charge in [-0.2, -0.15) is 0 Å². The van der Waals surface area contributed by atoms with Crippen LogP contribution in [0.1, 0.15) is 22.4 Å². The number of carbonyl (C=O) groups is 1. The Kier molecular flexibility index (Phi) is 3.90. The van der Waals surface area contributed by atoms with E-state index in [4.69, 9.17) is 10.8 Å². The molecule has 1 unspecified atom stereocenters. The second-order valence-corrected chi connectivity index (χ2v) is 5.53. The summed E-state index contributed by atoms with van der Waals surface area (Å²) < 4.78 is 0. The number of nitrogens with one attached hydrogen (secondary N) is 1. The number of aromatic nitrogens is 2. The van der Waals surface area contributed by atoms with Crippen molar-refractivity contribution in [2.45, 2.75) is 19.5 Å². The van der Waals surface area contributed by atoms with Crippen LogP contribution in [0.2, 0.25) is 0 Å². The van der Waals surface area contributed by atoms with Crippen LogP contribution < -0.4 is 11.1 Å². The van der Waals surface area contributed by atoms with Crippen molar-refractivity contribution in [1.82, 2.24) is 9.97 Å². The molecule has 18 heavy (non-hydrogen) atoms. The van der Waals surface area contributed by atoms with Gasteiger partial charge in [-0.05, 0) is 6.92 Å². The molecule has 6 nitrogen and oxygen atoms in total. The van der Waals surface area contributed by atoms with Gasteiger partial charge in [-0.1, -0.05) is 0 Å². The summed E-state index contributed by atoms with van der Waals surface area (Å²) in [6, 6.07) is -1.07. The highest BCUT2D eigenvalue weighted by Gasteiger charge is 2.17.